The number of aryl methyl sites for hydroxylation is 1. The van der Waals surface area contributed by atoms with E-state index in [0.29, 0.717) is 23.6 Å². The molecule has 1 heterocycles. The van der Waals surface area contributed by atoms with Crippen LogP contribution < -0.4 is 14.8 Å². The lowest BCUT2D eigenvalue weighted by Gasteiger charge is -2.19. The maximum Gasteiger partial charge on any atom is 0.321 e. The Kier molecular flexibility index (Phi) is 8.20. The van der Waals surface area contributed by atoms with E-state index in [-0.39, 0.29) is 10.9 Å². The molecule has 0 aliphatic carbocycles. The molecule has 0 aliphatic rings. The van der Waals surface area contributed by atoms with Crippen LogP contribution in [0.4, 0.5) is 5.69 Å². The quantitative estimate of drug-likeness (QED) is 0.464. The highest BCUT2D eigenvalue weighted by Crippen LogP contribution is 2.24. The minimum absolute atomic E-state index is 0.114. The van der Waals surface area contributed by atoms with Gasteiger partial charge in [-0.2, -0.15) is 16.5 Å². The number of nitrogens with zero attached hydrogens (tertiary/aromatic N) is 2. The Morgan fingerprint density at radius 1 is 1.09 bits per heavy atom. The van der Waals surface area contributed by atoms with E-state index in [1.54, 1.807) is 54.9 Å². The van der Waals surface area contributed by atoms with Crippen molar-refractivity contribution in [1.82, 2.24) is 14.7 Å². The summed E-state index contributed by atoms with van der Waals surface area (Å²) in [7, 11) is -3.83. The SMILES string of the molecule is CSCCC(NS(=O)(=O)c1ccccc1)C(=O)Nc1ccc(Oc2ncccn2)cc1C. The molecule has 1 amide bonds. The number of amides is 1. The van der Waals surface area contributed by atoms with Crippen molar-refractivity contribution in [3.63, 3.8) is 0 Å². The van der Waals surface area contributed by atoms with Crippen LogP contribution in [0.1, 0.15) is 12.0 Å². The number of sulfonamides is 1. The van der Waals surface area contributed by atoms with Gasteiger partial charge in [-0.1, -0.05) is 18.2 Å². The van der Waals surface area contributed by atoms with Crippen LogP contribution in [0.15, 0.2) is 71.9 Å². The van der Waals surface area contributed by atoms with Crippen LogP contribution in [-0.4, -0.2) is 42.3 Å². The summed E-state index contributed by atoms with van der Waals surface area (Å²) in [6.45, 7) is 1.82. The van der Waals surface area contributed by atoms with Crippen molar-refractivity contribution in [2.24, 2.45) is 0 Å². The number of ether oxygens (including phenoxy) is 1. The first-order chi connectivity index (χ1) is 15.4. The van der Waals surface area contributed by atoms with Crippen molar-refractivity contribution >= 4 is 33.4 Å². The van der Waals surface area contributed by atoms with E-state index in [4.69, 9.17) is 4.74 Å². The zero-order chi connectivity index (χ0) is 23.0. The second kappa shape index (κ2) is 11.1. The Bertz CT molecular complexity index is 1140. The van der Waals surface area contributed by atoms with Gasteiger partial charge in [-0.15, -0.1) is 0 Å². The van der Waals surface area contributed by atoms with Crippen molar-refractivity contribution in [2.45, 2.75) is 24.3 Å². The Morgan fingerprint density at radius 3 is 2.47 bits per heavy atom. The average molecular weight is 473 g/mol. The van der Waals surface area contributed by atoms with Crippen LogP contribution >= 0.6 is 11.8 Å². The van der Waals surface area contributed by atoms with Crippen LogP contribution in [0.3, 0.4) is 0 Å². The Balaban J connectivity index is 1.73. The fourth-order valence-corrected chi connectivity index (χ4v) is 4.56. The number of thioether (sulfide) groups is 1. The molecule has 0 bridgehead atoms. The predicted molar refractivity (Wildman–Crippen MR) is 125 cm³/mol. The number of anilines is 1. The minimum atomic E-state index is -3.83. The monoisotopic (exact) mass is 472 g/mol. The lowest BCUT2D eigenvalue weighted by atomic mass is 10.1. The predicted octanol–water partition coefficient (Wildman–Crippen LogP) is 3.62. The highest BCUT2D eigenvalue weighted by atomic mass is 32.2. The van der Waals surface area contributed by atoms with Crippen molar-refractivity contribution in [3.8, 4) is 11.8 Å². The third kappa shape index (κ3) is 6.52. The van der Waals surface area contributed by atoms with E-state index in [9.17, 15) is 13.2 Å². The summed E-state index contributed by atoms with van der Waals surface area (Å²) in [6.07, 6.45) is 5.41. The molecule has 10 heteroatoms. The first-order valence-corrected chi connectivity index (χ1v) is 12.7. The highest BCUT2D eigenvalue weighted by Gasteiger charge is 2.25. The number of benzene rings is 2. The second-order valence-electron chi connectivity index (χ2n) is 6.87. The first-order valence-electron chi connectivity index (χ1n) is 9.82. The fourth-order valence-electron chi connectivity index (χ4n) is 2.84. The fraction of sp³-hybridized carbons (Fsp3) is 0.227. The molecule has 0 radical (unpaired) electrons. The number of nitrogens with one attached hydrogen (secondary N) is 2. The van der Waals surface area contributed by atoms with Gasteiger partial charge in [0, 0.05) is 18.1 Å². The third-order valence-corrected chi connectivity index (χ3v) is 6.62. The summed E-state index contributed by atoms with van der Waals surface area (Å²) >= 11 is 1.54. The van der Waals surface area contributed by atoms with E-state index in [1.807, 2.05) is 13.2 Å². The van der Waals surface area contributed by atoms with E-state index in [0.717, 1.165) is 5.56 Å². The molecule has 32 heavy (non-hydrogen) atoms. The lowest BCUT2D eigenvalue weighted by Crippen LogP contribution is -2.44. The number of rotatable bonds is 10. The second-order valence-corrected chi connectivity index (χ2v) is 9.57. The zero-order valence-corrected chi connectivity index (χ0v) is 19.3. The van der Waals surface area contributed by atoms with Gasteiger partial charge in [0.05, 0.1) is 4.90 Å². The van der Waals surface area contributed by atoms with Crippen molar-refractivity contribution < 1.29 is 17.9 Å². The van der Waals surface area contributed by atoms with Gasteiger partial charge >= 0.3 is 6.01 Å². The molecule has 3 rings (SSSR count). The molecule has 0 spiro atoms. The van der Waals surface area contributed by atoms with Crippen LogP contribution in [0, 0.1) is 6.92 Å². The maximum atomic E-state index is 13.0. The summed E-state index contributed by atoms with van der Waals surface area (Å²) in [6, 6.07) is 14.1. The summed E-state index contributed by atoms with van der Waals surface area (Å²) < 4.78 is 33.6. The smallest absolute Gasteiger partial charge is 0.321 e. The number of hydrogen-bond donors (Lipinski definition) is 2. The molecule has 2 aromatic carbocycles. The van der Waals surface area contributed by atoms with E-state index in [2.05, 4.69) is 20.0 Å². The Morgan fingerprint density at radius 2 is 1.81 bits per heavy atom. The summed E-state index contributed by atoms with van der Waals surface area (Å²) in [5.41, 5.74) is 1.31. The largest absolute Gasteiger partial charge is 0.424 e. The van der Waals surface area contributed by atoms with Gasteiger partial charge in [-0.3, -0.25) is 4.79 Å². The van der Waals surface area contributed by atoms with E-state index >= 15 is 0 Å². The van der Waals surface area contributed by atoms with Gasteiger partial charge in [0.15, 0.2) is 0 Å². The maximum absolute atomic E-state index is 13.0. The molecule has 168 valence electrons. The number of aromatic nitrogens is 2. The van der Waals surface area contributed by atoms with Crippen molar-refractivity contribution in [2.75, 3.05) is 17.3 Å². The molecule has 8 nitrogen and oxygen atoms in total. The molecule has 3 aromatic rings. The molecule has 2 N–H and O–H groups in total. The molecule has 0 aliphatic heterocycles. The number of carbonyl (C=O) groups is 1. The standard InChI is InChI=1S/C22H24N4O4S2/c1-16-15-17(30-22-23-12-6-13-24-22)9-10-19(16)25-21(27)20(11-14-31-2)26-32(28,29)18-7-4-3-5-8-18/h3-10,12-13,15,20,26H,11,14H2,1-2H3,(H,25,27). The highest BCUT2D eigenvalue weighted by molar-refractivity contribution is 7.98. The number of hydrogen-bond acceptors (Lipinski definition) is 7. The van der Waals surface area contributed by atoms with Gasteiger partial charge in [0.1, 0.15) is 11.8 Å². The van der Waals surface area contributed by atoms with Gasteiger partial charge in [0.25, 0.3) is 0 Å². The first kappa shape index (κ1) is 23.7. The van der Waals surface area contributed by atoms with Crippen LogP contribution in [0.5, 0.6) is 11.8 Å². The zero-order valence-electron chi connectivity index (χ0n) is 17.7. The van der Waals surface area contributed by atoms with Gasteiger partial charge in [-0.05, 0) is 67.3 Å². The van der Waals surface area contributed by atoms with E-state index < -0.39 is 22.0 Å². The molecule has 0 fully saturated rings. The van der Waals surface area contributed by atoms with E-state index in [1.165, 1.54) is 23.9 Å². The van der Waals surface area contributed by atoms with Gasteiger partial charge in [-0.25, -0.2) is 18.4 Å². The molecule has 1 unspecified atom stereocenters. The topological polar surface area (TPSA) is 110 Å². The van der Waals surface area contributed by atoms with Crippen LogP contribution in [0.2, 0.25) is 0 Å². The summed E-state index contributed by atoms with van der Waals surface area (Å²) in [4.78, 5) is 21.1. The van der Waals surface area contributed by atoms with Crippen molar-refractivity contribution in [1.29, 1.82) is 0 Å². The van der Waals surface area contributed by atoms with Crippen LogP contribution in [-0.2, 0) is 14.8 Å². The summed E-state index contributed by atoms with van der Waals surface area (Å²) in [5.74, 6) is 0.718. The minimum Gasteiger partial charge on any atom is -0.424 e. The van der Waals surface area contributed by atoms with Gasteiger partial charge < -0.3 is 10.1 Å². The normalized spacial score (nSPS) is 12.2. The molecular weight excluding hydrogens is 448 g/mol. The molecule has 1 atom stereocenters. The van der Waals surface area contributed by atoms with Gasteiger partial charge in [0.2, 0.25) is 15.9 Å². The van der Waals surface area contributed by atoms with Crippen LogP contribution in [0.25, 0.3) is 0 Å². The molecule has 0 saturated carbocycles. The molecule has 1 aromatic heterocycles. The number of carbonyl (C=O) groups excluding carboxylic acids is 1. The lowest BCUT2D eigenvalue weighted by molar-refractivity contribution is -0.117. The molecular formula is C22H24N4O4S2. The van der Waals surface area contributed by atoms with Crippen molar-refractivity contribution in [3.05, 3.63) is 72.6 Å². The summed E-state index contributed by atoms with van der Waals surface area (Å²) in [5, 5.41) is 2.82. The average Bonchev–Trinajstić information content (AvgIpc) is 2.79. The Labute approximate surface area is 191 Å². The molecule has 0 saturated heterocycles. The third-order valence-electron chi connectivity index (χ3n) is 4.49. The Hall–Kier alpha value is -2.95.